The summed E-state index contributed by atoms with van der Waals surface area (Å²) in [6.07, 6.45) is 2.07. The van der Waals surface area contributed by atoms with E-state index in [2.05, 4.69) is 15.3 Å². The summed E-state index contributed by atoms with van der Waals surface area (Å²) >= 11 is 0. The van der Waals surface area contributed by atoms with Crippen molar-refractivity contribution in [2.45, 2.75) is 6.42 Å². The summed E-state index contributed by atoms with van der Waals surface area (Å²) < 4.78 is 1.55. The van der Waals surface area contributed by atoms with E-state index in [1.54, 1.807) is 27.8 Å². The maximum Gasteiger partial charge on any atom is 0.287 e. The number of pyridine rings is 1. The Morgan fingerprint density at radius 2 is 1.75 bits per heavy atom. The number of imidazole rings is 1. The molecule has 1 aliphatic heterocycles. The molecule has 3 heterocycles. The van der Waals surface area contributed by atoms with E-state index >= 15 is 0 Å². The number of H-pyrrole nitrogens is 1. The lowest BCUT2D eigenvalue weighted by atomic mass is 10.1. The van der Waals surface area contributed by atoms with Gasteiger partial charge in [-0.25, -0.2) is 4.98 Å². The molecule has 5 rings (SSSR count). The van der Waals surface area contributed by atoms with Crippen molar-refractivity contribution in [3.8, 4) is 5.69 Å². The molecular weight excluding hydrogens is 406 g/mol. The van der Waals surface area contributed by atoms with Crippen molar-refractivity contribution in [2.24, 2.45) is 5.92 Å². The van der Waals surface area contributed by atoms with Crippen LogP contribution in [0.3, 0.4) is 0 Å². The Hall–Kier alpha value is -4.20. The molecule has 32 heavy (non-hydrogen) atoms. The number of benzene rings is 2. The summed E-state index contributed by atoms with van der Waals surface area (Å²) in [6, 6.07) is 19.8. The molecule has 1 unspecified atom stereocenters. The molecule has 2 aromatic carbocycles. The van der Waals surface area contributed by atoms with Crippen molar-refractivity contribution < 1.29 is 9.59 Å². The van der Waals surface area contributed by atoms with E-state index in [1.165, 1.54) is 6.07 Å². The van der Waals surface area contributed by atoms with Crippen LogP contribution in [0.5, 0.6) is 0 Å². The van der Waals surface area contributed by atoms with Crippen LogP contribution in [-0.2, 0) is 4.79 Å². The third-order valence-electron chi connectivity index (χ3n) is 5.62. The van der Waals surface area contributed by atoms with Crippen LogP contribution in [-0.4, -0.2) is 39.4 Å². The number of aromatic amines is 1. The first-order chi connectivity index (χ1) is 15.6. The summed E-state index contributed by atoms with van der Waals surface area (Å²) in [7, 11) is 0. The van der Waals surface area contributed by atoms with Crippen molar-refractivity contribution >= 4 is 28.5 Å². The zero-order valence-electron chi connectivity index (χ0n) is 17.2. The number of para-hydroxylation sites is 2. The fraction of sp³-hybridized carbons (Fsp3) is 0.167. The molecule has 1 saturated heterocycles. The Morgan fingerprint density at radius 3 is 2.53 bits per heavy atom. The van der Waals surface area contributed by atoms with Gasteiger partial charge < -0.3 is 15.2 Å². The van der Waals surface area contributed by atoms with Crippen LogP contribution < -0.4 is 15.8 Å². The Bertz CT molecular complexity index is 1320. The van der Waals surface area contributed by atoms with Gasteiger partial charge in [-0.2, -0.15) is 0 Å². The molecule has 0 aliphatic carbocycles. The monoisotopic (exact) mass is 427 g/mol. The van der Waals surface area contributed by atoms with Gasteiger partial charge in [0.25, 0.3) is 11.5 Å². The van der Waals surface area contributed by atoms with Crippen LogP contribution in [0, 0.1) is 5.92 Å². The van der Waals surface area contributed by atoms with Crippen molar-refractivity contribution in [3.63, 3.8) is 0 Å². The van der Waals surface area contributed by atoms with Gasteiger partial charge in [-0.15, -0.1) is 0 Å². The maximum absolute atomic E-state index is 12.6. The van der Waals surface area contributed by atoms with Crippen molar-refractivity contribution in [1.82, 2.24) is 19.9 Å². The molecule has 0 radical (unpaired) electrons. The van der Waals surface area contributed by atoms with Gasteiger partial charge in [0.2, 0.25) is 5.91 Å². The van der Waals surface area contributed by atoms with Crippen LogP contribution in [0.15, 0.2) is 77.7 Å². The van der Waals surface area contributed by atoms with Gasteiger partial charge in [0.1, 0.15) is 0 Å². The van der Waals surface area contributed by atoms with Crippen LogP contribution in [0.2, 0.25) is 0 Å². The van der Waals surface area contributed by atoms with Crippen molar-refractivity contribution in [3.05, 3.63) is 89.1 Å². The number of nitrogens with one attached hydrogen (secondary N) is 2. The second-order valence-electron chi connectivity index (χ2n) is 7.81. The lowest BCUT2D eigenvalue weighted by Crippen LogP contribution is -2.31. The standard InChI is InChI=1S/C24H21N5O3/c30-21-7-3-4-12-28(21)17-8-10-18(11-9-17)29-15-16(13-22(29)31)14-25-24(32)23-26-19-5-1-2-6-20(19)27-23/h1-12,16H,13-15H2,(H,25,32)(H,26,27). The summed E-state index contributed by atoms with van der Waals surface area (Å²) in [6.45, 7) is 0.902. The largest absolute Gasteiger partial charge is 0.349 e. The smallest absolute Gasteiger partial charge is 0.287 e. The van der Waals surface area contributed by atoms with Gasteiger partial charge in [-0.05, 0) is 42.5 Å². The number of rotatable bonds is 5. The van der Waals surface area contributed by atoms with E-state index in [0.717, 1.165) is 22.4 Å². The summed E-state index contributed by atoms with van der Waals surface area (Å²) in [5, 5.41) is 2.88. The quantitative estimate of drug-likeness (QED) is 0.511. The molecule has 0 spiro atoms. The highest BCUT2D eigenvalue weighted by Crippen LogP contribution is 2.25. The summed E-state index contributed by atoms with van der Waals surface area (Å²) in [5.74, 6) is -0.00580. The zero-order chi connectivity index (χ0) is 22.1. The van der Waals surface area contributed by atoms with Gasteiger partial charge in [-0.3, -0.25) is 19.0 Å². The minimum Gasteiger partial charge on any atom is -0.349 e. The first-order valence-corrected chi connectivity index (χ1v) is 10.4. The molecule has 0 bridgehead atoms. The van der Waals surface area contributed by atoms with E-state index < -0.39 is 0 Å². The second-order valence-corrected chi connectivity index (χ2v) is 7.81. The number of carbonyl (C=O) groups is 2. The predicted molar refractivity (Wildman–Crippen MR) is 121 cm³/mol. The normalized spacial score (nSPS) is 15.9. The number of carbonyl (C=O) groups excluding carboxylic acids is 2. The molecule has 160 valence electrons. The van der Waals surface area contributed by atoms with E-state index in [9.17, 15) is 14.4 Å². The van der Waals surface area contributed by atoms with Crippen molar-refractivity contribution in [1.29, 1.82) is 0 Å². The molecule has 8 heteroatoms. The summed E-state index contributed by atoms with van der Waals surface area (Å²) in [4.78, 5) is 46.1. The third kappa shape index (κ3) is 3.78. The highest BCUT2D eigenvalue weighted by Gasteiger charge is 2.31. The lowest BCUT2D eigenvalue weighted by Gasteiger charge is -2.17. The maximum atomic E-state index is 12.6. The molecule has 2 amide bonds. The van der Waals surface area contributed by atoms with Gasteiger partial charge in [0.05, 0.1) is 11.0 Å². The van der Waals surface area contributed by atoms with E-state index in [1.807, 2.05) is 48.5 Å². The summed E-state index contributed by atoms with van der Waals surface area (Å²) in [5.41, 5.74) is 2.94. The number of aromatic nitrogens is 3. The molecule has 1 atom stereocenters. The number of hydrogen-bond donors (Lipinski definition) is 2. The number of hydrogen-bond acceptors (Lipinski definition) is 4. The zero-order valence-corrected chi connectivity index (χ0v) is 17.2. The van der Waals surface area contributed by atoms with Crippen molar-refractivity contribution in [2.75, 3.05) is 18.0 Å². The van der Waals surface area contributed by atoms with Gasteiger partial charge in [0.15, 0.2) is 5.82 Å². The SMILES string of the molecule is O=C(NCC1CC(=O)N(c2ccc(-n3ccccc3=O)cc2)C1)c1nc2ccccc2[nH]1. The number of amides is 2. The van der Waals surface area contributed by atoms with E-state index in [4.69, 9.17) is 0 Å². The molecule has 1 fully saturated rings. The minimum absolute atomic E-state index is 0.00671. The highest BCUT2D eigenvalue weighted by molar-refractivity contribution is 5.96. The Balaban J connectivity index is 1.23. The molecule has 0 saturated carbocycles. The molecular formula is C24H21N5O3. The van der Waals surface area contributed by atoms with Crippen LogP contribution in [0.25, 0.3) is 16.7 Å². The highest BCUT2D eigenvalue weighted by atomic mass is 16.2. The fourth-order valence-electron chi connectivity index (χ4n) is 3.98. The van der Waals surface area contributed by atoms with E-state index in [0.29, 0.717) is 19.5 Å². The van der Waals surface area contributed by atoms with E-state index in [-0.39, 0.29) is 29.1 Å². The molecule has 1 aliphatic rings. The first kappa shape index (κ1) is 19.7. The van der Waals surface area contributed by atoms with Gasteiger partial charge in [-0.1, -0.05) is 18.2 Å². The third-order valence-corrected chi connectivity index (χ3v) is 5.62. The molecule has 4 aromatic rings. The fourth-order valence-corrected chi connectivity index (χ4v) is 3.98. The molecule has 2 aromatic heterocycles. The number of nitrogens with zero attached hydrogens (tertiary/aromatic N) is 3. The Labute approximate surface area is 183 Å². The Kier molecular flexibility index (Phi) is 5.03. The molecule has 2 N–H and O–H groups in total. The Morgan fingerprint density at radius 1 is 1.00 bits per heavy atom. The number of fused-ring (bicyclic) bond motifs is 1. The van der Waals surface area contributed by atoms with Crippen LogP contribution >= 0.6 is 0 Å². The average molecular weight is 427 g/mol. The van der Waals surface area contributed by atoms with Gasteiger partial charge >= 0.3 is 0 Å². The lowest BCUT2D eigenvalue weighted by molar-refractivity contribution is -0.117. The second kappa shape index (κ2) is 8.14. The van der Waals surface area contributed by atoms with Crippen LogP contribution in [0.1, 0.15) is 17.0 Å². The topological polar surface area (TPSA) is 100 Å². The first-order valence-electron chi connectivity index (χ1n) is 10.4. The average Bonchev–Trinajstić information content (AvgIpc) is 3.41. The van der Waals surface area contributed by atoms with Gasteiger partial charge in [0, 0.05) is 49.1 Å². The predicted octanol–water partition coefficient (Wildman–Crippen LogP) is 2.50. The molecule has 8 nitrogen and oxygen atoms in total. The number of anilines is 1. The van der Waals surface area contributed by atoms with Crippen LogP contribution in [0.4, 0.5) is 5.69 Å². The minimum atomic E-state index is -0.287.